The number of hydrogen-bond donors (Lipinski definition) is 2. The van der Waals surface area contributed by atoms with Crippen LogP contribution >= 0.6 is 11.6 Å². The number of aryl methyl sites for hydroxylation is 1. The highest BCUT2D eigenvalue weighted by Crippen LogP contribution is 2.17. The van der Waals surface area contributed by atoms with Gasteiger partial charge in [-0.15, -0.1) is 11.6 Å². The molecule has 5 heteroatoms. The fourth-order valence-corrected chi connectivity index (χ4v) is 1.86. The molecule has 0 aliphatic heterocycles. The predicted molar refractivity (Wildman–Crippen MR) is 71.3 cm³/mol. The molecule has 1 aromatic rings. The van der Waals surface area contributed by atoms with Crippen molar-refractivity contribution in [1.82, 2.24) is 5.32 Å². The number of aromatic hydroxyl groups is 1. The predicted octanol–water partition coefficient (Wildman–Crippen LogP) is 2.07. The number of ether oxygens (including phenoxy) is 1. The van der Waals surface area contributed by atoms with E-state index in [1.807, 2.05) is 0 Å². The molecule has 18 heavy (non-hydrogen) atoms. The molecule has 1 rings (SSSR count). The van der Waals surface area contributed by atoms with E-state index in [0.29, 0.717) is 30.0 Å². The Morgan fingerprint density at radius 2 is 2.28 bits per heavy atom. The maximum absolute atomic E-state index is 12.0. The van der Waals surface area contributed by atoms with Gasteiger partial charge in [-0.2, -0.15) is 0 Å². The average molecular weight is 272 g/mol. The van der Waals surface area contributed by atoms with Crippen LogP contribution in [0.3, 0.4) is 0 Å². The van der Waals surface area contributed by atoms with Crippen molar-refractivity contribution in [2.24, 2.45) is 0 Å². The molecule has 0 aromatic heterocycles. The molecular formula is C13H18ClNO3. The van der Waals surface area contributed by atoms with Crippen LogP contribution in [0.2, 0.25) is 0 Å². The fourth-order valence-electron chi connectivity index (χ4n) is 1.60. The third-order valence-electron chi connectivity index (χ3n) is 2.62. The minimum absolute atomic E-state index is 0.103. The molecule has 4 nitrogen and oxygen atoms in total. The number of halogens is 1. The molecule has 0 fully saturated rings. The summed E-state index contributed by atoms with van der Waals surface area (Å²) < 4.78 is 5.02. The van der Waals surface area contributed by atoms with Gasteiger partial charge in [0.05, 0.1) is 12.6 Å². The molecule has 0 saturated heterocycles. The molecule has 1 unspecified atom stereocenters. The summed E-state index contributed by atoms with van der Waals surface area (Å²) in [7, 11) is 1.58. The number of benzene rings is 1. The molecular weight excluding hydrogens is 254 g/mol. The number of carbonyl (C=O) groups is 1. The molecule has 2 N–H and O–H groups in total. The van der Waals surface area contributed by atoms with Crippen molar-refractivity contribution in [2.45, 2.75) is 19.4 Å². The van der Waals surface area contributed by atoms with Gasteiger partial charge in [-0.1, -0.05) is 0 Å². The Balaban J connectivity index is 2.70. The summed E-state index contributed by atoms with van der Waals surface area (Å²) in [5, 5.41) is 12.3. The second-order valence-electron chi connectivity index (χ2n) is 4.10. The Morgan fingerprint density at radius 1 is 1.56 bits per heavy atom. The van der Waals surface area contributed by atoms with E-state index in [1.165, 1.54) is 6.07 Å². The van der Waals surface area contributed by atoms with Crippen LogP contribution in [0.4, 0.5) is 0 Å². The third kappa shape index (κ3) is 4.20. The van der Waals surface area contributed by atoms with E-state index in [9.17, 15) is 9.90 Å². The van der Waals surface area contributed by atoms with E-state index in [-0.39, 0.29) is 17.7 Å². The number of rotatable bonds is 6. The van der Waals surface area contributed by atoms with Crippen LogP contribution < -0.4 is 5.32 Å². The lowest BCUT2D eigenvalue weighted by Gasteiger charge is -2.17. The number of alkyl halides is 1. The fraction of sp³-hybridized carbons (Fsp3) is 0.462. The first-order valence-corrected chi connectivity index (χ1v) is 6.27. The number of methoxy groups -OCH3 is 1. The van der Waals surface area contributed by atoms with Gasteiger partial charge in [0, 0.05) is 18.6 Å². The smallest absolute Gasteiger partial charge is 0.251 e. The van der Waals surface area contributed by atoms with E-state index in [1.54, 1.807) is 26.2 Å². The zero-order valence-corrected chi connectivity index (χ0v) is 11.3. The van der Waals surface area contributed by atoms with Crippen LogP contribution in [0, 0.1) is 6.92 Å². The number of amides is 1. The molecule has 0 aliphatic carbocycles. The summed E-state index contributed by atoms with van der Waals surface area (Å²) in [6, 6.07) is 4.64. The van der Waals surface area contributed by atoms with Crippen molar-refractivity contribution in [3.8, 4) is 5.75 Å². The lowest BCUT2D eigenvalue weighted by atomic mass is 10.1. The van der Waals surface area contributed by atoms with Crippen molar-refractivity contribution >= 4 is 17.5 Å². The standard InChI is InChI=1S/C13H18ClNO3/c1-9-7-10(3-4-12(9)16)13(17)15-11(5-6-14)8-18-2/h3-4,7,11,16H,5-6,8H2,1-2H3,(H,15,17). The quantitative estimate of drug-likeness (QED) is 0.779. The van der Waals surface area contributed by atoms with Gasteiger partial charge in [0.25, 0.3) is 5.91 Å². The summed E-state index contributed by atoms with van der Waals surface area (Å²) >= 11 is 5.67. The van der Waals surface area contributed by atoms with Crippen LogP contribution in [0.5, 0.6) is 5.75 Å². The Morgan fingerprint density at radius 3 is 2.83 bits per heavy atom. The van der Waals surface area contributed by atoms with Gasteiger partial charge in [-0.05, 0) is 37.1 Å². The summed E-state index contributed by atoms with van der Waals surface area (Å²) in [6.07, 6.45) is 0.651. The highest BCUT2D eigenvalue weighted by molar-refractivity contribution is 6.17. The summed E-state index contributed by atoms with van der Waals surface area (Å²) in [4.78, 5) is 12.0. The van der Waals surface area contributed by atoms with Gasteiger partial charge >= 0.3 is 0 Å². The van der Waals surface area contributed by atoms with Gasteiger partial charge in [0.15, 0.2) is 0 Å². The average Bonchev–Trinajstić information content (AvgIpc) is 2.33. The molecule has 0 bridgehead atoms. The van der Waals surface area contributed by atoms with Gasteiger partial charge in [-0.3, -0.25) is 4.79 Å². The first kappa shape index (κ1) is 14.8. The van der Waals surface area contributed by atoms with E-state index in [2.05, 4.69) is 5.32 Å². The SMILES string of the molecule is COCC(CCCl)NC(=O)c1ccc(O)c(C)c1. The highest BCUT2D eigenvalue weighted by atomic mass is 35.5. The summed E-state index contributed by atoms with van der Waals surface area (Å²) in [6.45, 7) is 2.17. The molecule has 100 valence electrons. The number of nitrogens with one attached hydrogen (secondary N) is 1. The Labute approximate surface area is 112 Å². The van der Waals surface area contributed by atoms with Gasteiger partial charge in [0.2, 0.25) is 0 Å². The van der Waals surface area contributed by atoms with E-state index >= 15 is 0 Å². The molecule has 0 aliphatic rings. The van der Waals surface area contributed by atoms with Crippen molar-refractivity contribution in [3.05, 3.63) is 29.3 Å². The molecule has 0 radical (unpaired) electrons. The van der Waals surface area contributed by atoms with Crippen molar-refractivity contribution in [2.75, 3.05) is 19.6 Å². The molecule has 0 heterocycles. The monoisotopic (exact) mass is 271 g/mol. The van der Waals surface area contributed by atoms with E-state index in [0.717, 1.165) is 0 Å². The number of phenols is 1. The summed E-state index contributed by atoms with van der Waals surface area (Å²) in [5.74, 6) is 0.453. The van der Waals surface area contributed by atoms with E-state index in [4.69, 9.17) is 16.3 Å². The molecule has 1 atom stereocenters. The van der Waals surface area contributed by atoms with Crippen LogP contribution in [0.1, 0.15) is 22.3 Å². The number of hydrogen-bond acceptors (Lipinski definition) is 3. The van der Waals surface area contributed by atoms with Crippen molar-refractivity contribution in [3.63, 3.8) is 0 Å². The summed E-state index contributed by atoms with van der Waals surface area (Å²) in [5.41, 5.74) is 1.18. The van der Waals surface area contributed by atoms with Crippen molar-refractivity contribution in [1.29, 1.82) is 0 Å². The Hall–Kier alpha value is -1.26. The Kier molecular flexibility index (Phi) is 5.95. The zero-order chi connectivity index (χ0) is 13.5. The maximum atomic E-state index is 12.0. The number of phenolic OH excluding ortho intramolecular Hbond substituents is 1. The minimum atomic E-state index is -0.190. The second kappa shape index (κ2) is 7.24. The molecule has 1 amide bonds. The minimum Gasteiger partial charge on any atom is -0.508 e. The number of carbonyl (C=O) groups excluding carboxylic acids is 1. The first-order chi connectivity index (χ1) is 8.58. The first-order valence-electron chi connectivity index (χ1n) is 5.74. The Bertz CT molecular complexity index is 403. The zero-order valence-electron chi connectivity index (χ0n) is 10.6. The highest BCUT2D eigenvalue weighted by Gasteiger charge is 2.13. The topological polar surface area (TPSA) is 58.6 Å². The third-order valence-corrected chi connectivity index (χ3v) is 2.84. The van der Waals surface area contributed by atoms with Crippen LogP contribution in [0.25, 0.3) is 0 Å². The normalized spacial score (nSPS) is 12.2. The van der Waals surface area contributed by atoms with Gasteiger partial charge in [-0.25, -0.2) is 0 Å². The lowest BCUT2D eigenvalue weighted by molar-refractivity contribution is 0.0895. The van der Waals surface area contributed by atoms with Gasteiger partial charge < -0.3 is 15.2 Å². The van der Waals surface area contributed by atoms with Crippen LogP contribution in [-0.4, -0.2) is 36.7 Å². The van der Waals surface area contributed by atoms with Gasteiger partial charge in [0.1, 0.15) is 5.75 Å². The second-order valence-corrected chi connectivity index (χ2v) is 4.48. The maximum Gasteiger partial charge on any atom is 0.251 e. The molecule has 1 aromatic carbocycles. The largest absolute Gasteiger partial charge is 0.508 e. The molecule has 0 saturated carbocycles. The van der Waals surface area contributed by atoms with Crippen LogP contribution in [-0.2, 0) is 4.74 Å². The lowest BCUT2D eigenvalue weighted by Crippen LogP contribution is -2.38. The van der Waals surface area contributed by atoms with Crippen LogP contribution in [0.15, 0.2) is 18.2 Å². The van der Waals surface area contributed by atoms with Crippen molar-refractivity contribution < 1.29 is 14.6 Å². The van der Waals surface area contributed by atoms with E-state index < -0.39 is 0 Å². The molecule has 0 spiro atoms.